The van der Waals surface area contributed by atoms with Crippen molar-refractivity contribution < 1.29 is 4.79 Å². The van der Waals surface area contributed by atoms with Gasteiger partial charge in [0.25, 0.3) is 0 Å². The molecule has 1 amide bonds. The van der Waals surface area contributed by atoms with Gasteiger partial charge in [-0.15, -0.1) is 5.10 Å². The quantitative estimate of drug-likeness (QED) is 0.755. The van der Waals surface area contributed by atoms with E-state index in [1.54, 1.807) is 17.1 Å². The van der Waals surface area contributed by atoms with E-state index in [-0.39, 0.29) is 10.9 Å². The monoisotopic (exact) mass is 289 g/mol. The van der Waals surface area contributed by atoms with Crippen LogP contribution in [0.4, 0.5) is 0 Å². The predicted molar refractivity (Wildman–Crippen MR) is 79.0 cm³/mol. The number of benzene rings is 1. The summed E-state index contributed by atoms with van der Waals surface area (Å²) in [6.45, 7) is 0.985. The summed E-state index contributed by atoms with van der Waals surface area (Å²) in [5.74, 6) is -0.814. The highest BCUT2D eigenvalue weighted by atomic mass is 32.1. The predicted octanol–water partition coefficient (Wildman–Crippen LogP) is 0.464. The molecule has 0 spiro atoms. The first-order valence-corrected chi connectivity index (χ1v) is 6.55. The first-order valence-electron chi connectivity index (χ1n) is 6.14. The van der Waals surface area contributed by atoms with Gasteiger partial charge in [0.05, 0.1) is 17.7 Å². The highest BCUT2D eigenvalue weighted by Gasteiger charge is 2.22. The molecule has 0 bridgehead atoms. The Bertz CT molecular complexity index is 570. The van der Waals surface area contributed by atoms with E-state index in [2.05, 4.69) is 15.6 Å². The lowest BCUT2D eigenvalue weighted by Gasteiger charge is -2.15. The van der Waals surface area contributed by atoms with Crippen LogP contribution in [0.3, 0.4) is 0 Å². The third kappa shape index (κ3) is 3.61. The number of nitrogens with two attached hydrogens (primary N) is 1. The van der Waals surface area contributed by atoms with Crippen molar-refractivity contribution in [2.45, 2.75) is 12.5 Å². The van der Waals surface area contributed by atoms with Crippen molar-refractivity contribution >= 4 is 23.1 Å². The Hall–Kier alpha value is -2.28. The Morgan fingerprint density at radius 3 is 2.75 bits per heavy atom. The lowest BCUT2D eigenvalue weighted by atomic mass is 9.98. The lowest BCUT2D eigenvalue weighted by molar-refractivity contribution is -0.121. The number of hydrogen-bond donors (Lipinski definition) is 2. The number of thiocarbonyl (C=S) groups is 1. The van der Waals surface area contributed by atoms with Gasteiger partial charge in [0.15, 0.2) is 0 Å². The molecule has 0 aliphatic rings. The van der Waals surface area contributed by atoms with Crippen LogP contribution in [0.2, 0.25) is 0 Å². The van der Waals surface area contributed by atoms with Gasteiger partial charge in [-0.3, -0.25) is 9.48 Å². The van der Waals surface area contributed by atoms with E-state index in [0.717, 1.165) is 5.56 Å². The third-order valence-corrected chi connectivity index (χ3v) is 3.03. The highest BCUT2D eigenvalue weighted by molar-refractivity contribution is 7.80. The Balaban J connectivity index is 1.96. The van der Waals surface area contributed by atoms with Crippen molar-refractivity contribution in [3.05, 3.63) is 48.3 Å². The van der Waals surface area contributed by atoms with Gasteiger partial charge < -0.3 is 11.1 Å². The van der Waals surface area contributed by atoms with Crippen molar-refractivity contribution in [1.82, 2.24) is 20.3 Å². The fourth-order valence-corrected chi connectivity index (χ4v) is 2.08. The smallest absolute Gasteiger partial charge is 0.234 e. The number of nitrogens with zero attached hydrogens (tertiary/aromatic N) is 3. The maximum absolute atomic E-state index is 12.2. The maximum atomic E-state index is 12.2. The van der Waals surface area contributed by atoms with E-state index in [9.17, 15) is 4.79 Å². The van der Waals surface area contributed by atoms with Gasteiger partial charge in [-0.2, -0.15) is 0 Å². The average molecular weight is 289 g/mol. The molecule has 0 saturated carbocycles. The molecular formula is C13H15N5OS. The Labute approximate surface area is 122 Å². The minimum Gasteiger partial charge on any atom is -0.392 e. The number of rotatable bonds is 6. The van der Waals surface area contributed by atoms with Gasteiger partial charge in [0.2, 0.25) is 5.91 Å². The SMILES string of the molecule is NC(=S)C(C(=O)NCCn1ccnn1)c1ccccc1. The Kier molecular flexibility index (Phi) is 4.78. The molecule has 0 aliphatic heterocycles. The van der Waals surface area contributed by atoms with Crippen LogP contribution < -0.4 is 11.1 Å². The van der Waals surface area contributed by atoms with Crippen LogP contribution in [0.1, 0.15) is 11.5 Å². The molecule has 1 aromatic heterocycles. The van der Waals surface area contributed by atoms with Crippen molar-refractivity contribution in [3.63, 3.8) is 0 Å². The standard InChI is InChI=1S/C13H15N5OS/c14-12(20)11(10-4-2-1-3-5-10)13(19)15-6-8-18-9-7-16-17-18/h1-5,7,9,11H,6,8H2,(H2,14,20)(H,15,19). The van der Waals surface area contributed by atoms with Gasteiger partial charge in [0.1, 0.15) is 5.92 Å². The Morgan fingerprint density at radius 1 is 1.40 bits per heavy atom. The van der Waals surface area contributed by atoms with Crippen LogP contribution in [-0.2, 0) is 11.3 Å². The second kappa shape index (κ2) is 6.76. The molecule has 0 fully saturated rings. The molecule has 2 rings (SSSR count). The summed E-state index contributed by atoms with van der Waals surface area (Å²) in [6, 6.07) is 9.25. The van der Waals surface area contributed by atoms with Crippen LogP contribution in [-0.4, -0.2) is 32.4 Å². The summed E-state index contributed by atoms with van der Waals surface area (Å²) in [5.41, 5.74) is 6.47. The maximum Gasteiger partial charge on any atom is 0.234 e. The van der Waals surface area contributed by atoms with Crippen LogP contribution in [0, 0.1) is 0 Å². The first kappa shape index (κ1) is 14.1. The zero-order valence-corrected chi connectivity index (χ0v) is 11.6. The zero-order chi connectivity index (χ0) is 14.4. The summed E-state index contributed by atoms with van der Waals surface area (Å²) >= 11 is 4.99. The van der Waals surface area contributed by atoms with E-state index in [1.807, 2.05) is 30.3 Å². The molecule has 2 aromatic rings. The summed E-state index contributed by atoms with van der Waals surface area (Å²) in [6.07, 6.45) is 3.32. The van der Waals surface area contributed by atoms with E-state index in [1.165, 1.54) is 0 Å². The van der Waals surface area contributed by atoms with E-state index in [4.69, 9.17) is 18.0 Å². The molecule has 6 nitrogen and oxygen atoms in total. The average Bonchev–Trinajstić information content (AvgIpc) is 2.93. The van der Waals surface area contributed by atoms with Gasteiger partial charge >= 0.3 is 0 Å². The van der Waals surface area contributed by atoms with Crippen molar-refractivity contribution in [3.8, 4) is 0 Å². The minimum atomic E-state index is -0.609. The number of hydrogen-bond acceptors (Lipinski definition) is 4. The van der Waals surface area contributed by atoms with E-state index >= 15 is 0 Å². The van der Waals surface area contributed by atoms with Crippen molar-refractivity contribution in [2.75, 3.05) is 6.54 Å². The molecule has 3 N–H and O–H groups in total. The fraction of sp³-hybridized carbons (Fsp3) is 0.231. The molecule has 1 unspecified atom stereocenters. The molecule has 1 atom stereocenters. The van der Waals surface area contributed by atoms with Gasteiger partial charge in [-0.05, 0) is 5.56 Å². The highest BCUT2D eigenvalue weighted by Crippen LogP contribution is 2.15. The van der Waals surface area contributed by atoms with Crippen molar-refractivity contribution in [1.29, 1.82) is 0 Å². The molecular weight excluding hydrogens is 274 g/mol. The molecule has 1 heterocycles. The van der Waals surface area contributed by atoms with Crippen LogP contribution in [0.15, 0.2) is 42.7 Å². The second-order valence-corrected chi connectivity index (χ2v) is 4.67. The van der Waals surface area contributed by atoms with Gasteiger partial charge in [0, 0.05) is 12.7 Å². The molecule has 104 valence electrons. The van der Waals surface area contributed by atoms with Crippen LogP contribution >= 0.6 is 12.2 Å². The van der Waals surface area contributed by atoms with Crippen molar-refractivity contribution in [2.24, 2.45) is 5.73 Å². The van der Waals surface area contributed by atoms with Crippen LogP contribution in [0.25, 0.3) is 0 Å². The fourth-order valence-electron chi connectivity index (χ4n) is 1.84. The summed E-state index contributed by atoms with van der Waals surface area (Å²) in [7, 11) is 0. The van der Waals surface area contributed by atoms with E-state index < -0.39 is 5.92 Å². The molecule has 20 heavy (non-hydrogen) atoms. The second-order valence-electron chi connectivity index (χ2n) is 4.20. The molecule has 0 radical (unpaired) electrons. The third-order valence-electron chi connectivity index (χ3n) is 2.79. The molecule has 0 saturated heterocycles. The topological polar surface area (TPSA) is 85.8 Å². The number of carbonyl (C=O) groups is 1. The van der Waals surface area contributed by atoms with Crippen LogP contribution in [0.5, 0.6) is 0 Å². The first-order chi connectivity index (χ1) is 9.68. The van der Waals surface area contributed by atoms with E-state index in [0.29, 0.717) is 13.1 Å². The number of nitrogens with one attached hydrogen (secondary N) is 1. The van der Waals surface area contributed by atoms with Gasteiger partial charge in [-0.1, -0.05) is 47.8 Å². The minimum absolute atomic E-state index is 0.162. The zero-order valence-electron chi connectivity index (χ0n) is 10.8. The largest absolute Gasteiger partial charge is 0.392 e. The number of amides is 1. The Morgan fingerprint density at radius 2 is 2.15 bits per heavy atom. The molecule has 1 aromatic carbocycles. The summed E-state index contributed by atoms with van der Waals surface area (Å²) in [4.78, 5) is 12.4. The normalized spacial score (nSPS) is 11.8. The summed E-state index contributed by atoms with van der Waals surface area (Å²) in [5, 5.41) is 10.3. The summed E-state index contributed by atoms with van der Waals surface area (Å²) < 4.78 is 1.64. The number of carbonyl (C=O) groups excluding carboxylic acids is 1. The van der Waals surface area contributed by atoms with Gasteiger partial charge in [-0.25, -0.2) is 0 Å². The number of aromatic nitrogens is 3. The molecule has 0 aliphatic carbocycles. The lowest BCUT2D eigenvalue weighted by Crippen LogP contribution is -2.37. The molecule has 7 heteroatoms.